The number of carbonyl (C=O) groups is 1. The zero-order chi connectivity index (χ0) is 30.5. The topological polar surface area (TPSA) is 77.2 Å². The number of Topliss-reactive ketones (excluding diaryl/α,β-unsaturated/α-hetero) is 1. The van der Waals surface area contributed by atoms with Gasteiger partial charge >= 0.3 is 0 Å². The van der Waals surface area contributed by atoms with Crippen LogP contribution in [0.4, 0.5) is 0 Å². The molecule has 0 aliphatic carbocycles. The number of hydrogen-bond acceptors (Lipinski definition) is 5. The lowest BCUT2D eigenvalue weighted by Gasteiger charge is -2.37. The number of ketones is 1. The van der Waals surface area contributed by atoms with Crippen molar-refractivity contribution >= 4 is 16.7 Å². The van der Waals surface area contributed by atoms with Gasteiger partial charge < -0.3 is 9.84 Å². The summed E-state index contributed by atoms with van der Waals surface area (Å²) in [7, 11) is 1.57. The summed E-state index contributed by atoms with van der Waals surface area (Å²) in [6.07, 6.45) is 0.533. The minimum Gasteiger partial charge on any atom is -0.479 e. The highest BCUT2D eigenvalue weighted by Gasteiger charge is 2.41. The predicted molar refractivity (Wildman–Crippen MR) is 173 cm³/mol. The van der Waals surface area contributed by atoms with E-state index in [1.807, 2.05) is 95.7 Å². The van der Waals surface area contributed by atoms with Gasteiger partial charge in [-0.05, 0) is 34.2 Å². The van der Waals surface area contributed by atoms with Crippen molar-refractivity contribution in [2.45, 2.75) is 37.8 Å². The fraction of sp³-hybridized carbons (Fsp3) is 0.184. The summed E-state index contributed by atoms with van der Waals surface area (Å²) < 4.78 is 7.80. The van der Waals surface area contributed by atoms with Crippen LogP contribution in [0.3, 0.4) is 0 Å². The van der Waals surface area contributed by atoms with Gasteiger partial charge in [0.2, 0.25) is 5.88 Å². The third kappa shape index (κ3) is 5.29. The number of carbonyl (C=O) groups excluding carboxylic acids is 1. The van der Waals surface area contributed by atoms with E-state index in [-0.39, 0.29) is 24.7 Å². The van der Waals surface area contributed by atoms with Crippen LogP contribution < -0.4 is 4.74 Å². The van der Waals surface area contributed by atoms with Gasteiger partial charge in [-0.1, -0.05) is 128 Å². The molecular weight excluding hydrogens is 546 g/mol. The normalized spacial score (nSPS) is 12.2. The number of aliphatic hydroxyl groups is 1. The maximum atomic E-state index is 13.4. The molecule has 1 N–H and O–H groups in total. The highest BCUT2D eigenvalue weighted by molar-refractivity contribution is 5.89. The van der Waals surface area contributed by atoms with Crippen molar-refractivity contribution < 1.29 is 14.6 Å². The van der Waals surface area contributed by atoms with E-state index < -0.39 is 5.54 Å². The quantitative estimate of drug-likeness (QED) is 0.166. The smallest absolute Gasteiger partial charge is 0.242 e. The second kappa shape index (κ2) is 12.7. The second-order valence-corrected chi connectivity index (χ2v) is 11.1. The Morgan fingerprint density at radius 2 is 1.32 bits per heavy atom. The third-order valence-corrected chi connectivity index (χ3v) is 8.28. The van der Waals surface area contributed by atoms with Gasteiger partial charge in [-0.3, -0.25) is 9.78 Å². The number of aromatic nitrogens is 3. The molecule has 0 fully saturated rings. The van der Waals surface area contributed by atoms with E-state index in [0.29, 0.717) is 29.1 Å². The molecule has 0 spiro atoms. The highest BCUT2D eigenvalue weighted by atomic mass is 16.5. The Morgan fingerprint density at radius 1 is 0.818 bits per heavy atom. The van der Waals surface area contributed by atoms with Crippen molar-refractivity contribution in [2.75, 3.05) is 7.11 Å². The van der Waals surface area contributed by atoms with Crippen LogP contribution in [-0.4, -0.2) is 32.8 Å². The van der Waals surface area contributed by atoms with Crippen LogP contribution in [0.1, 0.15) is 52.9 Å². The second-order valence-electron chi connectivity index (χ2n) is 11.1. The van der Waals surface area contributed by atoms with Crippen LogP contribution in [0.2, 0.25) is 0 Å². The predicted octanol–water partition coefficient (Wildman–Crippen LogP) is 7.08. The first-order valence-electron chi connectivity index (χ1n) is 14.9. The summed E-state index contributed by atoms with van der Waals surface area (Å²) in [4.78, 5) is 18.1. The molecule has 6 rings (SSSR count). The summed E-state index contributed by atoms with van der Waals surface area (Å²) in [5.41, 5.74) is 4.95. The number of aliphatic hydroxyl groups excluding tert-OH is 1. The van der Waals surface area contributed by atoms with Crippen LogP contribution in [0.25, 0.3) is 10.9 Å². The SMILES string of the molecule is COc1nn(C(c2ccccc2)(c2ccccc2)c2ccccc2)c2cc(CC(=O)C[C@H](C)c3ccccc3)nc(CO)c12. The molecule has 0 radical (unpaired) electrons. The average Bonchev–Trinajstić information content (AvgIpc) is 3.45. The lowest BCUT2D eigenvalue weighted by Crippen LogP contribution is -2.38. The van der Waals surface area contributed by atoms with Gasteiger partial charge in [-0.2, -0.15) is 0 Å². The summed E-state index contributed by atoms with van der Waals surface area (Å²) in [5.74, 6) is 0.520. The van der Waals surface area contributed by atoms with Crippen LogP contribution in [0.15, 0.2) is 127 Å². The molecule has 0 unspecified atom stereocenters. The van der Waals surface area contributed by atoms with Gasteiger partial charge in [0.25, 0.3) is 0 Å². The van der Waals surface area contributed by atoms with E-state index >= 15 is 0 Å². The molecule has 0 aliphatic heterocycles. The molecule has 6 heteroatoms. The zero-order valence-corrected chi connectivity index (χ0v) is 24.9. The molecule has 6 nitrogen and oxygen atoms in total. The molecule has 0 bridgehead atoms. The Kier molecular flexibility index (Phi) is 8.35. The minimum atomic E-state index is -0.907. The Balaban J connectivity index is 1.57. The molecule has 6 aromatic rings. The molecular formula is C38H35N3O3. The Labute approximate surface area is 257 Å². The number of hydrogen-bond donors (Lipinski definition) is 1. The van der Waals surface area contributed by atoms with Crippen LogP contribution in [0.5, 0.6) is 5.88 Å². The fourth-order valence-corrected chi connectivity index (χ4v) is 6.26. The summed E-state index contributed by atoms with van der Waals surface area (Å²) in [6.45, 7) is 1.74. The fourth-order valence-electron chi connectivity index (χ4n) is 6.26. The molecule has 2 heterocycles. The molecule has 1 atom stereocenters. The number of ether oxygens (including phenoxy) is 1. The van der Waals surface area contributed by atoms with Crippen molar-refractivity contribution in [3.8, 4) is 5.88 Å². The zero-order valence-electron chi connectivity index (χ0n) is 24.9. The molecule has 2 aromatic heterocycles. The largest absolute Gasteiger partial charge is 0.479 e. The van der Waals surface area contributed by atoms with E-state index in [9.17, 15) is 9.90 Å². The van der Waals surface area contributed by atoms with Gasteiger partial charge in [0.15, 0.2) is 0 Å². The summed E-state index contributed by atoms with van der Waals surface area (Å²) in [5, 5.41) is 16.2. The van der Waals surface area contributed by atoms with E-state index in [0.717, 1.165) is 27.8 Å². The standard InChI is InChI=1S/C38H35N3O3/c1-27(28-15-7-3-8-16-28)23-33(43)24-32-25-35-36(34(26-42)39-32)37(44-2)40-41(35)38(29-17-9-4-10-18-29,30-19-11-5-12-20-30)31-21-13-6-14-22-31/h3-22,25,27,42H,23-24,26H2,1-2H3/t27-/m0/s1. The van der Waals surface area contributed by atoms with Crippen molar-refractivity contribution in [1.82, 2.24) is 14.8 Å². The number of fused-ring (bicyclic) bond motifs is 1. The molecule has 44 heavy (non-hydrogen) atoms. The van der Waals surface area contributed by atoms with Crippen molar-refractivity contribution in [1.29, 1.82) is 0 Å². The molecule has 0 saturated carbocycles. The first-order chi connectivity index (χ1) is 21.6. The molecule has 220 valence electrons. The van der Waals surface area contributed by atoms with Crippen molar-refractivity contribution in [3.05, 3.63) is 161 Å². The number of methoxy groups -OCH3 is 1. The maximum Gasteiger partial charge on any atom is 0.242 e. The van der Waals surface area contributed by atoms with Gasteiger partial charge in [0, 0.05) is 12.8 Å². The minimum absolute atomic E-state index is 0.0792. The monoisotopic (exact) mass is 581 g/mol. The van der Waals surface area contributed by atoms with Crippen molar-refractivity contribution in [2.24, 2.45) is 0 Å². The van der Waals surface area contributed by atoms with Gasteiger partial charge in [0.1, 0.15) is 11.3 Å². The Hall–Kier alpha value is -5.07. The lowest BCUT2D eigenvalue weighted by atomic mass is 9.77. The van der Waals surface area contributed by atoms with Gasteiger partial charge in [0.05, 0.1) is 36.0 Å². The molecule has 0 amide bonds. The number of rotatable bonds is 11. The van der Waals surface area contributed by atoms with Crippen LogP contribution in [0, 0.1) is 0 Å². The van der Waals surface area contributed by atoms with Crippen LogP contribution >= 0.6 is 0 Å². The van der Waals surface area contributed by atoms with Crippen LogP contribution in [-0.2, 0) is 23.4 Å². The molecule has 4 aromatic carbocycles. The van der Waals surface area contributed by atoms with Crippen molar-refractivity contribution in [3.63, 3.8) is 0 Å². The maximum absolute atomic E-state index is 13.4. The summed E-state index contributed by atoms with van der Waals surface area (Å²) in [6, 6.07) is 42.7. The Morgan fingerprint density at radius 3 is 1.80 bits per heavy atom. The average molecular weight is 582 g/mol. The third-order valence-electron chi connectivity index (χ3n) is 8.28. The van der Waals surface area contributed by atoms with E-state index in [1.54, 1.807) is 7.11 Å². The highest BCUT2D eigenvalue weighted by Crippen LogP contribution is 2.44. The van der Waals surface area contributed by atoms with E-state index in [2.05, 4.69) is 43.3 Å². The first kappa shape index (κ1) is 29.0. The molecule has 0 saturated heterocycles. The van der Waals surface area contributed by atoms with Gasteiger partial charge in [-0.15, -0.1) is 5.10 Å². The number of nitrogens with zero attached hydrogens (tertiary/aromatic N) is 3. The number of benzene rings is 4. The van der Waals surface area contributed by atoms with Gasteiger partial charge in [-0.25, -0.2) is 4.68 Å². The molecule has 0 aliphatic rings. The Bertz CT molecular complexity index is 1760. The summed E-state index contributed by atoms with van der Waals surface area (Å²) >= 11 is 0. The van der Waals surface area contributed by atoms with E-state index in [1.165, 1.54) is 0 Å². The first-order valence-corrected chi connectivity index (χ1v) is 14.9. The van der Waals surface area contributed by atoms with E-state index in [4.69, 9.17) is 14.8 Å². The number of pyridine rings is 1. The lowest BCUT2D eigenvalue weighted by molar-refractivity contribution is -0.118.